The van der Waals surface area contributed by atoms with Crippen LogP contribution in [-0.2, 0) is 16.4 Å². The first-order valence-electron chi connectivity index (χ1n) is 6.94. The lowest BCUT2D eigenvalue weighted by atomic mass is 10.1. The summed E-state index contributed by atoms with van der Waals surface area (Å²) in [6.45, 7) is 2.38. The van der Waals surface area contributed by atoms with Gasteiger partial charge in [-0.2, -0.15) is 9.57 Å². The van der Waals surface area contributed by atoms with E-state index in [0.29, 0.717) is 0 Å². The Balaban J connectivity index is 2.74. The molecule has 0 heterocycles. The van der Waals surface area contributed by atoms with E-state index in [4.69, 9.17) is 5.26 Å². The average Bonchev–Trinajstić information content (AvgIpc) is 2.45. The Labute approximate surface area is 122 Å². The van der Waals surface area contributed by atoms with Crippen molar-refractivity contribution < 1.29 is 8.42 Å². The van der Waals surface area contributed by atoms with Crippen LogP contribution < -0.4 is 0 Å². The van der Waals surface area contributed by atoms with Crippen molar-refractivity contribution in [3.8, 4) is 6.07 Å². The predicted molar refractivity (Wildman–Crippen MR) is 79.7 cm³/mol. The molecule has 0 bridgehead atoms. The van der Waals surface area contributed by atoms with E-state index in [1.165, 1.54) is 24.2 Å². The normalized spacial score (nSPS) is 11.5. The standard InChI is InChI=1S/C15H22N2O2S/c1-3-4-5-7-14-8-10-15(11-9-14)20(18,19)17(2)13-6-12-16/h8-11H,3-7,13H2,1-2H3. The average molecular weight is 294 g/mol. The van der Waals surface area contributed by atoms with Crippen LogP contribution in [-0.4, -0.2) is 26.3 Å². The molecule has 0 atom stereocenters. The van der Waals surface area contributed by atoms with Crippen molar-refractivity contribution in [2.75, 3.05) is 13.6 Å². The van der Waals surface area contributed by atoms with Crippen LogP contribution in [0.1, 0.15) is 38.2 Å². The van der Waals surface area contributed by atoms with Gasteiger partial charge >= 0.3 is 0 Å². The number of rotatable bonds is 8. The van der Waals surface area contributed by atoms with Gasteiger partial charge in [-0.1, -0.05) is 31.9 Å². The fourth-order valence-corrected chi connectivity index (χ4v) is 3.09. The number of nitrogens with zero attached hydrogens (tertiary/aromatic N) is 2. The van der Waals surface area contributed by atoms with Crippen LogP contribution >= 0.6 is 0 Å². The summed E-state index contributed by atoms with van der Waals surface area (Å²) < 4.78 is 25.7. The smallest absolute Gasteiger partial charge is 0.207 e. The highest BCUT2D eigenvalue weighted by Crippen LogP contribution is 2.16. The highest BCUT2D eigenvalue weighted by Gasteiger charge is 2.19. The minimum Gasteiger partial charge on any atom is -0.207 e. The van der Waals surface area contributed by atoms with E-state index < -0.39 is 10.0 Å². The molecule has 0 radical (unpaired) electrons. The van der Waals surface area contributed by atoms with Crippen LogP contribution in [0.2, 0.25) is 0 Å². The van der Waals surface area contributed by atoms with Gasteiger partial charge in [0.05, 0.1) is 11.0 Å². The van der Waals surface area contributed by atoms with Gasteiger partial charge in [0.1, 0.15) is 0 Å². The quantitative estimate of drug-likeness (QED) is 0.692. The number of benzene rings is 1. The number of aryl methyl sites for hydroxylation is 1. The lowest BCUT2D eigenvalue weighted by Gasteiger charge is -2.15. The van der Waals surface area contributed by atoms with Crippen molar-refractivity contribution in [2.24, 2.45) is 0 Å². The lowest BCUT2D eigenvalue weighted by molar-refractivity contribution is 0.476. The third-order valence-electron chi connectivity index (χ3n) is 3.24. The second-order valence-corrected chi connectivity index (χ2v) is 6.88. The zero-order valence-corrected chi connectivity index (χ0v) is 13.0. The lowest BCUT2D eigenvalue weighted by Crippen LogP contribution is -2.27. The van der Waals surface area contributed by atoms with Crippen LogP contribution in [0.3, 0.4) is 0 Å². The van der Waals surface area contributed by atoms with Crippen LogP contribution in [0.25, 0.3) is 0 Å². The largest absolute Gasteiger partial charge is 0.242 e. The molecule has 0 saturated carbocycles. The summed E-state index contributed by atoms with van der Waals surface area (Å²) in [5, 5.41) is 8.52. The fourth-order valence-electron chi connectivity index (χ4n) is 1.91. The SMILES string of the molecule is CCCCCc1ccc(S(=O)(=O)N(C)CCC#N)cc1. The highest BCUT2D eigenvalue weighted by molar-refractivity contribution is 7.89. The van der Waals surface area contributed by atoms with Gasteiger partial charge in [0, 0.05) is 20.0 Å². The molecule has 0 unspecified atom stereocenters. The van der Waals surface area contributed by atoms with Crippen LogP contribution in [0, 0.1) is 11.3 Å². The van der Waals surface area contributed by atoms with Crippen molar-refractivity contribution in [1.29, 1.82) is 5.26 Å². The van der Waals surface area contributed by atoms with Crippen LogP contribution in [0.4, 0.5) is 0 Å². The summed E-state index contributed by atoms with van der Waals surface area (Å²) >= 11 is 0. The van der Waals surface area contributed by atoms with Crippen molar-refractivity contribution in [3.05, 3.63) is 29.8 Å². The van der Waals surface area contributed by atoms with Crippen molar-refractivity contribution in [1.82, 2.24) is 4.31 Å². The van der Waals surface area contributed by atoms with Crippen molar-refractivity contribution in [2.45, 2.75) is 43.9 Å². The first-order valence-corrected chi connectivity index (χ1v) is 8.38. The molecule has 0 saturated heterocycles. The van der Waals surface area contributed by atoms with Crippen LogP contribution in [0.15, 0.2) is 29.2 Å². The van der Waals surface area contributed by atoms with Gasteiger partial charge in [-0.05, 0) is 30.5 Å². The molecule has 110 valence electrons. The maximum atomic E-state index is 12.2. The van der Waals surface area contributed by atoms with Gasteiger partial charge in [0.2, 0.25) is 10.0 Å². The Morgan fingerprint density at radius 1 is 1.20 bits per heavy atom. The van der Waals surface area contributed by atoms with Crippen LogP contribution in [0.5, 0.6) is 0 Å². The third kappa shape index (κ3) is 4.62. The molecule has 0 fully saturated rings. The zero-order valence-electron chi connectivity index (χ0n) is 12.2. The molecule has 4 nitrogen and oxygen atoms in total. The Bertz CT molecular complexity index is 544. The molecule has 0 aliphatic carbocycles. The van der Waals surface area contributed by atoms with E-state index in [1.807, 2.05) is 18.2 Å². The molecule has 20 heavy (non-hydrogen) atoms. The van der Waals surface area contributed by atoms with Gasteiger partial charge < -0.3 is 0 Å². The summed E-state index contributed by atoms with van der Waals surface area (Å²) in [5.74, 6) is 0. The highest BCUT2D eigenvalue weighted by atomic mass is 32.2. The fraction of sp³-hybridized carbons (Fsp3) is 0.533. The topological polar surface area (TPSA) is 61.2 Å². The summed E-state index contributed by atoms with van der Waals surface area (Å²) in [4.78, 5) is 0.289. The second-order valence-electron chi connectivity index (χ2n) is 4.84. The minimum absolute atomic E-state index is 0.199. The number of hydrogen-bond donors (Lipinski definition) is 0. The summed E-state index contributed by atoms with van der Waals surface area (Å²) in [5.41, 5.74) is 1.16. The summed E-state index contributed by atoms with van der Waals surface area (Å²) in [7, 11) is -1.97. The van der Waals surface area contributed by atoms with E-state index in [2.05, 4.69) is 6.92 Å². The first-order chi connectivity index (χ1) is 9.52. The van der Waals surface area contributed by atoms with Crippen molar-refractivity contribution >= 4 is 10.0 Å². The third-order valence-corrected chi connectivity index (χ3v) is 5.11. The van der Waals surface area contributed by atoms with Gasteiger partial charge in [-0.15, -0.1) is 0 Å². The molecular weight excluding hydrogens is 272 g/mol. The van der Waals surface area contributed by atoms with Gasteiger partial charge in [-0.25, -0.2) is 8.42 Å². The number of nitriles is 1. The van der Waals surface area contributed by atoms with E-state index in [0.717, 1.165) is 18.4 Å². The number of hydrogen-bond acceptors (Lipinski definition) is 3. The molecule has 1 aromatic rings. The Morgan fingerprint density at radius 3 is 2.40 bits per heavy atom. The van der Waals surface area contributed by atoms with Gasteiger partial charge in [0.15, 0.2) is 0 Å². The number of sulfonamides is 1. The Hall–Kier alpha value is -1.38. The molecule has 0 N–H and O–H groups in total. The molecule has 0 amide bonds. The van der Waals surface area contributed by atoms with E-state index in [1.54, 1.807) is 12.1 Å². The molecule has 0 aliphatic rings. The maximum absolute atomic E-state index is 12.2. The van der Waals surface area contributed by atoms with E-state index in [-0.39, 0.29) is 17.9 Å². The molecule has 0 aromatic heterocycles. The molecule has 0 spiro atoms. The maximum Gasteiger partial charge on any atom is 0.242 e. The van der Waals surface area contributed by atoms with Gasteiger partial charge in [-0.3, -0.25) is 0 Å². The summed E-state index contributed by atoms with van der Waals surface area (Å²) in [6, 6.07) is 9.01. The monoisotopic (exact) mass is 294 g/mol. The van der Waals surface area contributed by atoms with E-state index >= 15 is 0 Å². The second kappa shape index (κ2) is 8.03. The molecule has 5 heteroatoms. The Morgan fingerprint density at radius 2 is 1.85 bits per heavy atom. The summed E-state index contributed by atoms with van der Waals surface area (Å²) in [6.07, 6.45) is 4.68. The van der Waals surface area contributed by atoms with Crippen molar-refractivity contribution in [3.63, 3.8) is 0 Å². The zero-order chi connectivity index (χ0) is 15.0. The predicted octanol–water partition coefficient (Wildman–Crippen LogP) is 2.95. The Kier molecular flexibility index (Phi) is 6.69. The molecule has 1 aromatic carbocycles. The minimum atomic E-state index is -3.47. The molecule has 1 rings (SSSR count). The molecule has 0 aliphatic heterocycles. The first kappa shape index (κ1) is 16.7. The van der Waals surface area contributed by atoms with E-state index in [9.17, 15) is 8.42 Å². The van der Waals surface area contributed by atoms with Gasteiger partial charge in [0.25, 0.3) is 0 Å². The molecular formula is C15H22N2O2S. The number of unbranched alkanes of at least 4 members (excludes halogenated alkanes) is 2.